The normalized spacial score (nSPS) is 16.9. The number of nitrogens with two attached hydrogens (primary N) is 1. The SMILES string of the molecule is CCC1CCN(c2ccc(C(=N)c3ccccc3N)cc2)CC1.CNC(=O)C(c1cccs1)N1CCCC1. The lowest BCUT2D eigenvalue weighted by Gasteiger charge is -2.33. The first-order valence-corrected chi connectivity index (χ1v) is 14.7. The number of carbonyl (C=O) groups is 1. The monoisotopic (exact) mass is 531 g/mol. The van der Waals surface area contributed by atoms with E-state index in [0.29, 0.717) is 11.4 Å². The van der Waals surface area contributed by atoms with E-state index in [1.165, 1.54) is 37.8 Å². The Balaban J connectivity index is 0.000000194. The van der Waals surface area contributed by atoms with Gasteiger partial charge in [-0.05, 0) is 74.3 Å². The van der Waals surface area contributed by atoms with Gasteiger partial charge in [0.15, 0.2) is 0 Å². The molecule has 2 aromatic carbocycles. The van der Waals surface area contributed by atoms with E-state index in [4.69, 9.17) is 11.1 Å². The lowest BCUT2D eigenvalue weighted by molar-refractivity contribution is -0.125. The van der Waals surface area contributed by atoms with Crippen molar-refractivity contribution in [1.82, 2.24) is 10.2 Å². The van der Waals surface area contributed by atoms with E-state index in [1.807, 2.05) is 53.9 Å². The van der Waals surface area contributed by atoms with Gasteiger partial charge in [0, 0.05) is 47.5 Å². The number of carbonyl (C=O) groups excluding carboxylic acids is 1. The molecule has 6 nitrogen and oxygen atoms in total. The number of piperidine rings is 1. The van der Waals surface area contributed by atoms with Gasteiger partial charge in [-0.15, -0.1) is 11.3 Å². The minimum absolute atomic E-state index is 0.0718. The van der Waals surface area contributed by atoms with Crippen LogP contribution in [0, 0.1) is 11.3 Å². The minimum Gasteiger partial charge on any atom is -0.398 e. The number of rotatable bonds is 7. The van der Waals surface area contributed by atoms with Crippen molar-refractivity contribution in [3.8, 4) is 0 Å². The molecule has 1 amide bonds. The standard InChI is InChI=1S/C20H25N3.C11H16N2OS/c1-2-15-11-13-23(14-12-15)17-9-7-16(8-10-17)20(22)18-5-3-4-6-19(18)21;1-12-11(14)10(9-5-4-8-15-9)13-6-2-3-7-13/h3-10,15,22H,2,11-14,21H2,1H3;4-5,8,10H,2-3,6-7H2,1H3,(H,12,14). The number of likely N-dealkylation sites (N-methyl/N-ethyl adjacent to an activating group) is 1. The van der Waals surface area contributed by atoms with Crippen molar-refractivity contribution in [3.05, 3.63) is 82.0 Å². The quantitative estimate of drug-likeness (QED) is 0.260. The summed E-state index contributed by atoms with van der Waals surface area (Å²) in [5.74, 6) is 0.999. The van der Waals surface area contributed by atoms with E-state index >= 15 is 0 Å². The number of amides is 1. The molecule has 2 aliphatic heterocycles. The fourth-order valence-electron chi connectivity index (χ4n) is 5.38. The van der Waals surface area contributed by atoms with Crippen molar-refractivity contribution in [2.24, 2.45) is 5.92 Å². The highest BCUT2D eigenvalue weighted by Crippen LogP contribution is 2.29. The molecule has 3 heterocycles. The maximum atomic E-state index is 11.9. The molecule has 1 unspecified atom stereocenters. The fourth-order valence-corrected chi connectivity index (χ4v) is 6.23. The molecular weight excluding hydrogens is 490 g/mol. The van der Waals surface area contributed by atoms with E-state index in [1.54, 1.807) is 18.4 Å². The summed E-state index contributed by atoms with van der Waals surface area (Å²) in [6.45, 7) is 6.64. The van der Waals surface area contributed by atoms with Crippen molar-refractivity contribution in [2.45, 2.75) is 45.1 Å². The molecule has 38 heavy (non-hydrogen) atoms. The number of thiophene rings is 1. The molecule has 1 aromatic heterocycles. The number of para-hydroxylation sites is 1. The summed E-state index contributed by atoms with van der Waals surface area (Å²) >= 11 is 1.66. The van der Waals surface area contributed by atoms with Crippen molar-refractivity contribution < 1.29 is 4.79 Å². The summed E-state index contributed by atoms with van der Waals surface area (Å²) in [6, 6.07) is 19.9. The van der Waals surface area contributed by atoms with Crippen LogP contribution in [0.4, 0.5) is 11.4 Å². The van der Waals surface area contributed by atoms with Crippen LogP contribution in [0.1, 0.15) is 61.1 Å². The minimum atomic E-state index is -0.0718. The van der Waals surface area contributed by atoms with Crippen LogP contribution in [0.2, 0.25) is 0 Å². The third-order valence-electron chi connectivity index (χ3n) is 7.76. The number of benzene rings is 2. The van der Waals surface area contributed by atoms with Crippen LogP contribution in [0.15, 0.2) is 66.0 Å². The Kier molecular flexibility index (Phi) is 9.96. The van der Waals surface area contributed by atoms with E-state index in [-0.39, 0.29) is 11.9 Å². The summed E-state index contributed by atoms with van der Waals surface area (Å²) in [5.41, 5.74) is 10.1. The van der Waals surface area contributed by atoms with Crippen molar-refractivity contribution in [2.75, 3.05) is 43.9 Å². The molecule has 0 spiro atoms. The van der Waals surface area contributed by atoms with Gasteiger partial charge in [-0.1, -0.05) is 49.7 Å². The zero-order chi connectivity index (χ0) is 26.9. The Labute approximate surface area is 231 Å². The number of nitrogens with zero attached hydrogens (tertiary/aromatic N) is 2. The van der Waals surface area contributed by atoms with Crippen LogP contribution >= 0.6 is 11.3 Å². The maximum absolute atomic E-state index is 11.9. The predicted octanol–water partition coefficient (Wildman–Crippen LogP) is 5.94. The van der Waals surface area contributed by atoms with Crippen LogP contribution in [0.3, 0.4) is 0 Å². The summed E-state index contributed by atoms with van der Waals surface area (Å²) < 4.78 is 0. The first-order chi connectivity index (χ1) is 18.5. The van der Waals surface area contributed by atoms with Crippen molar-refractivity contribution in [3.63, 3.8) is 0 Å². The molecule has 202 valence electrons. The highest BCUT2D eigenvalue weighted by molar-refractivity contribution is 7.10. The molecule has 0 bridgehead atoms. The number of nitrogen functional groups attached to an aromatic ring is 1. The molecule has 4 N–H and O–H groups in total. The van der Waals surface area contributed by atoms with Gasteiger partial charge in [-0.25, -0.2) is 0 Å². The Morgan fingerprint density at radius 3 is 2.29 bits per heavy atom. The number of likely N-dealkylation sites (tertiary alicyclic amines) is 1. The Hall–Kier alpha value is -3.16. The molecule has 7 heteroatoms. The second-order valence-electron chi connectivity index (χ2n) is 10.1. The highest BCUT2D eigenvalue weighted by atomic mass is 32.1. The van der Waals surface area contributed by atoms with Crippen LogP contribution in [0.25, 0.3) is 0 Å². The number of nitrogens with one attached hydrogen (secondary N) is 2. The number of hydrogen-bond donors (Lipinski definition) is 3. The first kappa shape index (κ1) is 27.9. The summed E-state index contributed by atoms with van der Waals surface area (Å²) in [7, 11) is 1.71. The van der Waals surface area contributed by atoms with Gasteiger partial charge >= 0.3 is 0 Å². The average molecular weight is 532 g/mol. The molecule has 0 aliphatic carbocycles. The summed E-state index contributed by atoms with van der Waals surface area (Å²) in [6.07, 6.45) is 6.28. The van der Waals surface area contributed by atoms with Crippen LogP contribution in [-0.2, 0) is 4.79 Å². The van der Waals surface area contributed by atoms with E-state index in [0.717, 1.165) is 48.1 Å². The highest BCUT2D eigenvalue weighted by Gasteiger charge is 2.29. The lowest BCUT2D eigenvalue weighted by atomic mass is 9.94. The van der Waals surface area contributed by atoms with Gasteiger partial charge < -0.3 is 16.0 Å². The van der Waals surface area contributed by atoms with Gasteiger partial charge in [0.05, 0.1) is 5.71 Å². The van der Waals surface area contributed by atoms with Crippen LogP contribution < -0.4 is 16.0 Å². The molecule has 3 aromatic rings. The third-order valence-corrected chi connectivity index (χ3v) is 8.68. The fraction of sp³-hybridized carbons (Fsp3) is 0.419. The smallest absolute Gasteiger partial charge is 0.242 e. The number of hydrogen-bond acceptors (Lipinski definition) is 6. The van der Waals surface area contributed by atoms with Gasteiger partial charge in [0.1, 0.15) is 6.04 Å². The van der Waals surface area contributed by atoms with E-state index in [9.17, 15) is 4.79 Å². The Morgan fingerprint density at radius 1 is 1.03 bits per heavy atom. The Bertz CT molecular complexity index is 1160. The van der Waals surface area contributed by atoms with Crippen molar-refractivity contribution in [1.29, 1.82) is 5.41 Å². The van der Waals surface area contributed by atoms with E-state index in [2.05, 4.69) is 34.2 Å². The van der Waals surface area contributed by atoms with Gasteiger partial charge in [0.2, 0.25) is 5.91 Å². The zero-order valence-corrected chi connectivity index (χ0v) is 23.5. The van der Waals surface area contributed by atoms with Gasteiger partial charge in [0.25, 0.3) is 0 Å². The lowest BCUT2D eigenvalue weighted by Crippen LogP contribution is -2.37. The van der Waals surface area contributed by atoms with E-state index < -0.39 is 0 Å². The first-order valence-electron chi connectivity index (χ1n) is 13.8. The third kappa shape index (κ3) is 6.83. The van der Waals surface area contributed by atoms with Crippen molar-refractivity contribution >= 4 is 34.3 Å². The van der Waals surface area contributed by atoms with Gasteiger partial charge in [-0.2, -0.15) is 0 Å². The average Bonchev–Trinajstić information content (AvgIpc) is 3.69. The second kappa shape index (κ2) is 13.6. The predicted molar refractivity (Wildman–Crippen MR) is 160 cm³/mol. The molecule has 2 aliphatic rings. The zero-order valence-electron chi connectivity index (χ0n) is 22.7. The summed E-state index contributed by atoms with van der Waals surface area (Å²) in [5, 5.41) is 13.2. The summed E-state index contributed by atoms with van der Waals surface area (Å²) in [4.78, 5) is 17.7. The largest absolute Gasteiger partial charge is 0.398 e. The van der Waals surface area contributed by atoms with Crippen LogP contribution in [0.5, 0.6) is 0 Å². The topological polar surface area (TPSA) is 85.5 Å². The molecule has 1 atom stereocenters. The number of anilines is 2. The molecule has 2 fully saturated rings. The molecule has 0 saturated carbocycles. The molecular formula is C31H41N5OS. The maximum Gasteiger partial charge on any atom is 0.242 e. The Morgan fingerprint density at radius 2 is 1.71 bits per heavy atom. The molecule has 2 saturated heterocycles. The molecule has 5 rings (SSSR count). The second-order valence-corrected chi connectivity index (χ2v) is 11.1. The molecule has 0 radical (unpaired) electrons. The van der Waals surface area contributed by atoms with Crippen LogP contribution in [-0.4, -0.2) is 49.7 Å². The van der Waals surface area contributed by atoms with Gasteiger partial charge in [-0.3, -0.25) is 15.1 Å².